The van der Waals surface area contributed by atoms with Crippen molar-refractivity contribution in [1.29, 1.82) is 0 Å². The van der Waals surface area contributed by atoms with Crippen LogP contribution >= 0.6 is 0 Å². The monoisotopic (exact) mass is 410 g/mol. The smallest absolute Gasteiger partial charge is 0.279 e. The minimum atomic E-state index is -0.0930. The molecule has 0 fully saturated rings. The molecule has 162 valence electrons. The van der Waals surface area contributed by atoms with Gasteiger partial charge in [-0.15, -0.1) is 0 Å². The van der Waals surface area contributed by atoms with Gasteiger partial charge in [-0.3, -0.25) is 9.59 Å². The van der Waals surface area contributed by atoms with Gasteiger partial charge in [0, 0.05) is 5.69 Å². The van der Waals surface area contributed by atoms with Gasteiger partial charge in [-0.2, -0.15) is 0 Å². The van der Waals surface area contributed by atoms with Gasteiger partial charge in [-0.05, 0) is 54.5 Å². The molecular formula is C25H36N3O2+. The lowest BCUT2D eigenvalue weighted by Crippen LogP contribution is -3.11. The van der Waals surface area contributed by atoms with Gasteiger partial charge in [-0.25, -0.2) is 0 Å². The van der Waals surface area contributed by atoms with Crippen molar-refractivity contribution >= 4 is 17.5 Å². The third-order valence-electron chi connectivity index (χ3n) is 5.53. The molecule has 30 heavy (non-hydrogen) atoms. The Hall–Kier alpha value is -2.66. The SMILES string of the molecule is CCc1ccc([C@@H](NC(=O)C[NH+](C)CC(=O)Nc2cccc(C)c2C)C(C)C)cc1. The van der Waals surface area contributed by atoms with Gasteiger partial charge in [0.1, 0.15) is 0 Å². The van der Waals surface area contributed by atoms with Crippen LogP contribution in [-0.4, -0.2) is 32.0 Å². The quantitative estimate of drug-likeness (QED) is 0.595. The summed E-state index contributed by atoms with van der Waals surface area (Å²) in [4.78, 5) is 25.9. The number of quaternary nitrogens is 1. The fourth-order valence-corrected chi connectivity index (χ4v) is 3.51. The number of carbonyl (C=O) groups is 2. The van der Waals surface area contributed by atoms with Crippen LogP contribution in [0.15, 0.2) is 42.5 Å². The average molecular weight is 411 g/mol. The first-order valence-electron chi connectivity index (χ1n) is 10.8. The van der Waals surface area contributed by atoms with Crippen LogP contribution in [0.25, 0.3) is 0 Å². The van der Waals surface area contributed by atoms with E-state index in [-0.39, 0.29) is 36.9 Å². The van der Waals surface area contributed by atoms with Crippen LogP contribution in [0.3, 0.4) is 0 Å². The molecule has 2 atom stereocenters. The van der Waals surface area contributed by atoms with Gasteiger partial charge in [0.05, 0.1) is 13.1 Å². The molecule has 2 rings (SSSR count). The first-order valence-corrected chi connectivity index (χ1v) is 10.8. The molecule has 1 unspecified atom stereocenters. The Kier molecular flexibility index (Phi) is 8.60. The number of amides is 2. The second kappa shape index (κ2) is 10.9. The van der Waals surface area contributed by atoms with Crippen molar-refractivity contribution in [1.82, 2.24) is 5.32 Å². The maximum Gasteiger partial charge on any atom is 0.279 e. The predicted octanol–water partition coefficient (Wildman–Crippen LogP) is 2.83. The third kappa shape index (κ3) is 6.70. The summed E-state index contributed by atoms with van der Waals surface area (Å²) in [5.41, 5.74) is 5.43. The van der Waals surface area contributed by atoms with Crippen molar-refractivity contribution in [2.45, 2.75) is 47.1 Å². The largest absolute Gasteiger partial charge is 0.344 e. The van der Waals surface area contributed by atoms with E-state index in [0.29, 0.717) is 0 Å². The first kappa shape index (κ1) is 23.6. The zero-order valence-corrected chi connectivity index (χ0v) is 19.1. The van der Waals surface area contributed by atoms with E-state index >= 15 is 0 Å². The number of anilines is 1. The summed E-state index contributed by atoms with van der Waals surface area (Å²) < 4.78 is 0. The lowest BCUT2D eigenvalue weighted by molar-refractivity contribution is -0.862. The van der Waals surface area contributed by atoms with Gasteiger partial charge in [0.25, 0.3) is 11.8 Å². The highest BCUT2D eigenvalue weighted by atomic mass is 16.2. The number of hydrogen-bond acceptors (Lipinski definition) is 2. The maximum atomic E-state index is 12.6. The number of rotatable bonds is 9. The molecule has 0 aromatic heterocycles. The van der Waals surface area contributed by atoms with Crippen LogP contribution in [0, 0.1) is 19.8 Å². The number of benzene rings is 2. The molecule has 0 bridgehead atoms. The lowest BCUT2D eigenvalue weighted by atomic mass is 9.95. The lowest BCUT2D eigenvalue weighted by Gasteiger charge is -2.24. The molecule has 0 saturated carbocycles. The molecule has 2 aromatic carbocycles. The second-order valence-corrected chi connectivity index (χ2v) is 8.49. The summed E-state index contributed by atoms with van der Waals surface area (Å²) >= 11 is 0. The van der Waals surface area contributed by atoms with Crippen molar-refractivity contribution in [3.05, 3.63) is 64.7 Å². The van der Waals surface area contributed by atoms with Crippen molar-refractivity contribution in [3.63, 3.8) is 0 Å². The fourth-order valence-electron chi connectivity index (χ4n) is 3.51. The Morgan fingerprint density at radius 3 is 2.20 bits per heavy atom. The zero-order chi connectivity index (χ0) is 22.3. The Labute approximate surface area is 180 Å². The minimum Gasteiger partial charge on any atom is -0.344 e. The zero-order valence-electron chi connectivity index (χ0n) is 19.1. The highest BCUT2D eigenvalue weighted by Crippen LogP contribution is 2.22. The second-order valence-electron chi connectivity index (χ2n) is 8.49. The summed E-state index contributed by atoms with van der Waals surface area (Å²) in [6.07, 6.45) is 0.997. The Morgan fingerprint density at radius 1 is 0.967 bits per heavy atom. The van der Waals surface area contributed by atoms with Crippen LogP contribution in [-0.2, 0) is 16.0 Å². The molecule has 0 heterocycles. The van der Waals surface area contributed by atoms with E-state index in [2.05, 4.69) is 55.7 Å². The topological polar surface area (TPSA) is 62.6 Å². The number of carbonyl (C=O) groups excluding carboxylic acids is 2. The van der Waals surface area contributed by atoms with Gasteiger partial charge >= 0.3 is 0 Å². The summed E-state index contributed by atoms with van der Waals surface area (Å²) in [6.45, 7) is 10.8. The average Bonchev–Trinajstić information content (AvgIpc) is 2.69. The van der Waals surface area contributed by atoms with Gasteiger partial charge in [0.2, 0.25) is 0 Å². The standard InChI is InChI=1S/C25H35N3O2/c1-7-20-11-13-21(14-12-20)25(17(2)3)27-24(30)16-28(6)15-23(29)26-22-10-8-9-18(4)19(22)5/h8-14,17,25H,7,15-16H2,1-6H3,(H,26,29)(H,27,30)/p+1/t25-/m0/s1. The van der Waals surface area contributed by atoms with E-state index in [1.807, 2.05) is 39.1 Å². The normalized spacial score (nSPS) is 13.0. The number of hydrogen-bond donors (Lipinski definition) is 3. The van der Waals surface area contributed by atoms with E-state index in [0.717, 1.165) is 33.7 Å². The Bertz CT molecular complexity index is 859. The van der Waals surface area contributed by atoms with Crippen LogP contribution in [0.2, 0.25) is 0 Å². The Morgan fingerprint density at radius 2 is 1.60 bits per heavy atom. The van der Waals surface area contributed by atoms with E-state index in [1.54, 1.807) is 0 Å². The van der Waals surface area contributed by atoms with E-state index < -0.39 is 0 Å². The molecular weight excluding hydrogens is 374 g/mol. The van der Waals surface area contributed by atoms with Gasteiger partial charge in [-0.1, -0.05) is 57.2 Å². The molecule has 5 nitrogen and oxygen atoms in total. The van der Waals surface area contributed by atoms with Crippen LogP contribution in [0.5, 0.6) is 0 Å². The van der Waals surface area contributed by atoms with Crippen LogP contribution in [0.1, 0.15) is 49.1 Å². The predicted molar refractivity (Wildman–Crippen MR) is 123 cm³/mol. The highest BCUT2D eigenvalue weighted by Gasteiger charge is 2.21. The molecule has 2 amide bonds. The van der Waals surface area contributed by atoms with Crippen molar-refractivity contribution < 1.29 is 14.5 Å². The molecule has 5 heteroatoms. The molecule has 0 aliphatic heterocycles. The van der Waals surface area contributed by atoms with Gasteiger partial charge in [0.15, 0.2) is 13.1 Å². The molecule has 2 aromatic rings. The maximum absolute atomic E-state index is 12.6. The first-order chi connectivity index (χ1) is 14.2. The van der Waals surface area contributed by atoms with E-state index in [9.17, 15) is 9.59 Å². The molecule has 0 aliphatic carbocycles. The molecule has 0 spiro atoms. The van der Waals surface area contributed by atoms with E-state index in [1.165, 1.54) is 5.56 Å². The molecule has 3 N–H and O–H groups in total. The van der Waals surface area contributed by atoms with E-state index in [4.69, 9.17) is 0 Å². The van der Waals surface area contributed by atoms with Crippen molar-refractivity contribution in [3.8, 4) is 0 Å². The Balaban J connectivity index is 1.91. The third-order valence-corrected chi connectivity index (χ3v) is 5.53. The number of nitrogens with one attached hydrogen (secondary N) is 3. The van der Waals surface area contributed by atoms with Gasteiger partial charge < -0.3 is 15.5 Å². The summed E-state index contributed by atoms with van der Waals surface area (Å²) in [5, 5.41) is 6.11. The van der Waals surface area contributed by atoms with Crippen LogP contribution < -0.4 is 15.5 Å². The summed E-state index contributed by atoms with van der Waals surface area (Å²) in [7, 11) is 1.86. The molecule has 0 saturated heterocycles. The summed E-state index contributed by atoms with van der Waals surface area (Å²) in [6, 6.07) is 14.2. The van der Waals surface area contributed by atoms with Crippen molar-refractivity contribution in [2.24, 2.45) is 5.92 Å². The molecule has 0 aliphatic rings. The summed E-state index contributed by atoms with van der Waals surface area (Å²) in [5.74, 6) is 0.129. The molecule has 0 radical (unpaired) electrons. The van der Waals surface area contributed by atoms with Crippen molar-refractivity contribution in [2.75, 3.05) is 25.5 Å². The van der Waals surface area contributed by atoms with Crippen LogP contribution in [0.4, 0.5) is 5.69 Å². The highest BCUT2D eigenvalue weighted by molar-refractivity contribution is 5.92. The number of likely N-dealkylation sites (N-methyl/N-ethyl adjacent to an activating group) is 1. The fraction of sp³-hybridized carbons (Fsp3) is 0.440. The minimum absolute atomic E-state index is 0.0417. The number of aryl methyl sites for hydroxylation is 2.